The van der Waals surface area contributed by atoms with Crippen molar-refractivity contribution >= 4 is 5.91 Å². The van der Waals surface area contributed by atoms with E-state index in [-0.39, 0.29) is 11.3 Å². The van der Waals surface area contributed by atoms with Crippen LogP contribution in [0.1, 0.15) is 42.1 Å². The van der Waals surface area contributed by atoms with Crippen LogP contribution in [0.5, 0.6) is 0 Å². The summed E-state index contributed by atoms with van der Waals surface area (Å²) < 4.78 is 5.40. The van der Waals surface area contributed by atoms with Gasteiger partial charge in [0.2, 0.25) is 0 Å². The molecule has 4 heteroatoms. The first-order valence-corrected chi connectivity index (χ1v) is 7.34. The number of amides is 1. The Balaban J connectivity index is 1.79. The smallest absolute Gasteiger partial charge is 0.251 e. The minimum absolute atomic E-state index is 0.00347. The Morgan fingerprint density at radius 2 is 2.05 bits per heavy atom. The lowest BCUT2D eigenvalue weighted by atomic mass is 10.0. The zero-order valence-corrected chi connectivity index (χ0v) is 12.2. The number of benzene rings is 1. The van der Waals surface area contributed by atoms with E-state index in [4.69, 9.17) is 10.5 Å². The van der Waals surface area contributed by atoms with E-state index >= 15 is 0 Å². The lowest BCUT2D eigenvalue weighted by Crippen LogP contribution is -2.30. The number of hydrogen-bond donors (Lipinski definition) is 2. The fraction of sp³-hybridized carbons (Fsp3) is 0.562. The van der Waals surface area contributed by atoms with Gasteiger partial charge >= 0.3 is 0 Å². The van der Waals surface area contributed by atoms with Crippen LogP contribution in [0.3, 0.4) is 0 Å². The van der Waals surface area contributed by atoms with Crippen LogP contribution in [0.4, 0.5) is 0 Å². The summed E-state index contributed by atoms with van der Waals surface area (Å²) in [6.45, 7) is 4.81. The third-order valence-electron chi connectivity index (χ3n) is 4.01. The second-order valence-corrected chi connectivity index (χ2v) is 5.53. The molecule has 0 spiro atoms. The maximum atomic E-state index is 12.1. The van der Waals surface area contributed by atoms with Crippen molar-refractivity contribution in [3.05, 3.63) is 35.4 Å². The molecule has 0 heterocycles. The molecule has 1 aliphatic rings. The fourth-order valence-electron chi connectivity index (χ4n) is 2.29. The first-order chi connectivity index (χ1) is 9.69. The minimum Gasteiger partial charge on any atom is -0.382 e. The van der Waals surface area contributed by atoms with Crippen LogP contribution in [0.25, 0.3) is 0 Å². The number of nitrogens with one attached hydrogen (secondary N) is 1. The van der Waals surface area contributed by atoms with Crippen molar-refractivity contribution in [2.24, 2.45) is 11.1 Å². The highest BCUT2D eigenvalue weighted by Gasteiger charge is 2.42. The predicted octanol–water partition coefficient (Wildman–Crippen LogP) is 2.08. The Kier molecular flexibility index (Phi) is 5.15. The number of carbonyl (C=O) groups excluding carboxylic acids is 1. The van der Waals surface area contributed by atoms with Crippen LogP contribution in [0.2, 0.25) is 0 Å². The molecule has 0 saturated heterocycles. The van der Waals surface area contributed by atoms with Gasteiger partial charge in [0.25, 0.3) is 5.91 Å². The molecule has 0 aromatic heterocycles. The first-order valence-electron chi connectivity index (χ1n) is 7.34. The van der Waals surface area contributed by atoms with Crippen molar-refractivity contribution in [2.75, 3.05) is 19.8 Å². The van der Waals surface area contributed by atoms with E-state index < -0.39 is 0 Å². The van der Waals surface area contributed by atoms with E-state index in [1.54, 1.807) is 0 Å². The quantitative estimate of drug-likeness (QED) is 0.715. The highest BCUT2D eigenvalue weighted by atomic mass is 16.5. The normalized spacial score (nSPS) is 15.9. The number of rotatable bonds is 8. The van der Waals surface area contributed by atoms with Gasteiger partial charge in [0.1, 0.15) is 0 Å². The molecule has 1 aromatic carbocycles. The summed E-state index contributed by atoms with van der Waals surface area (Å²) in [5, 5.41) is 3.04. The van der Waals surface area contributed by atoms with E-state index in [2.05, 4.69) is 5.32 Å². The second-order valence-electron chi connectivity index (χ2n) is 5.53. The molecule has 1 aromatic rings. The van der Waals surface area contributed by atoms with Gasteiger partial charge in [0, 0.05) is 31.9 Å². The Bertz CT molecular complexity index is 438. The molecular formula is C16H24N2O2. The molecule has 110 valence electrons. The van der Waals surface area contributed by atoms with E-state index in [9.17, 15) is 4.79 Å². The Hall–Kier alpha value is -1.39. The largest absolute Gasteiger partial charge is 0.382 e. The van der Waals surface area contributed by atoms with Crippen LogP contribution in [0, 0.1) is 5.41 Å². The predicted molar refractivity (Wildman–Crippen MR) is 79.4 cm³/mol. The molecule has 0 radical (unpaired) electrons. The van der Waals surface area contributed by atoms with Gasteiger partial charge in [-0.25, -0.2) is 0 Å². The zero-order valence-electron chi connectivity index (χ0n) is 12.2. The molecule has 0 unspecified atom stereocenters. The Morgan fingerprint density at radius 1 is 1.35 bits per heavy atom. The molecule has 1 saturated carbocycles. The molecule has 0 atom stereocenters. The van der Waals surface area contributed by atoms with Gasteiger partial charge in [-0.2, -0.15) is 0 Å². The van der Waals surface area contributed by atoms with Crippen molar-refractivity contribution in [3.8, 4) is 0 Å². The van der Waals surface area contributed by atoms with Crippen LogP contribution in [-0.2, 0) is 11.3 Å². The average molecular weight is 276 g/mol. The number of carbonyl (C=O) groups is 1. The molecule has 4 nitrogen and oxygen atoms in total. The second kappa shape index (κ2) is 6.86. The highest BCUT2D eigenvalue weighted by Crippen LogP contribution is 2.48. The third kappa shape index (κ3) is 4.05. The number of nitrogens with two attached hydrogens (primary N) is 1. The molecular weight excluding hydrogens is 252 g/mol. The van der Waals surface area contributed by atoms with E-state index in [0.717, 1.165) is 31.7 Å². The topological polar surface area (TPSA) is 64.3 Å². The van der Waals surface area contributed by atoms with Crippen molar-refractivity contribution in [1.82, 2.24) is 5.32 Å². The van der Waals surface area contributed by atoms with E-state index in [0.29, 0.717) is 12.1 Å². The summed E-state index contributed by atoms with van der Waals surface area (Å²) in [5.41, 5.74) is 7.56. The van der Waals surface area contributed by atoms with Gasteiger partial charge in [-0.15, -0.1) is 0 Å². The fourth-order valence-corrected chi connectivity index (χ4v) is 2.29. The number of hydrogen-bond acceptors (Lipinski definition) is 3. The maximum Gasteiger partial charge on any atom is 0.251 e. The molecule has 1 fully saturated rings. The van der Waals surface area contributed by atoms with Crippen LogP contribution in [-0.4, -0.2) is 25.7 Å². The standard InChI is InChI=1S/C16H24N2O2/c1-2-20-10-9-16(7-8-16)12-18-15(19)14-5-3-13(11-17)4-6-14/h3-6H,2,7-12,17H2,1H3,(H,18,19). The van der Waals surface area contributed by atoms with Gasteiger partial charge in [0.15, 0.2) is 0 Å². The molecule has 1 amide bonds. The summed E-state index contributed by atoms with van der Waals surface area (Å²) in [6, 6.07) is 7.46. The van der Waals surface area contributed by atoms with Gasteiger partial charge in [-0.1, -0.05) is 12.1 Å². The van der Waals surface area contributed by atoms with Crippen molar-refractivity contribution in [1.29, 1.82) is 0 Å². The van der Waals surface area contributed by atoms with Crippen LogP contribution >= 0.6 is 0 Å². The van der Waals surface area contributed by atoms with Gasteiger partial charge in [0.05, 0.1) is 0 Å². The summed E-state index contributed by atoms with van der Waals surface area (Å²) >= 11 is 0. The average Bonchev–Trinajstić information content (AvgIpc) is 3.26. The lowest BCUT2D eigenvalue weighted by Gasteiger charge is -2.16. The van der Waals surface area contributed by atoms with Crippen LogP contribution in [0.15, 0.2) is 24.3 Å². The van der Waals surface area contributed by atoms with Crippen molar-refractivity contribution < 1.29 is 9.53 Å². The summed E-state index contributed by atoms with van der Waals surface area (Å²) in [7, 11) is 0. The SMILES string of the molecule is CCOCCC1(CNC(=O)c2ccc(CN)cc2)CC1. The first kappa shape index (κ1) is 15.0. The minimum atomic E-state index is -0.00347. The number of ether oxygens (including phenoxy) is 1. The lowest BCUT2D eigenvalue weighted by molar-refractivity contribution is 0.0930. The van der Waals surface area contributed by atoms with E-state index in [1.165, 1.54) is 12.8 Å². The third-order valence-corrected chi connectivity index (χ3v) is 4.01. The summed E-state index contributed by atoms with van der Waals surface area (Å²) in [6.07, 6.45) is 3.41. The van der Waals surface area contributed by atoms with Crippen molar-refractivity contribution in [2.45, 2.75) is 32.7 Å². The maximum absolute atomic E-state index is 12.1. The molecule has 2 rings (SSSR count). The zero-order chi connectivity index (χ0) is 14.4. The summed E-state index contributed by atoms with van der Waals surface area (Å²) in [5.74, 6) is -0.00347. The monoisotopic (exact) mass is 276 g/mol. The van der Waals surface area contributed by atoms with E-state index in [1.807, 2.05) is 31.2 Å². The van der Waals surface area contributed by atoms with Gasteiger partial charge < -0.3 is 15.8 Å². The van der Waals surface area contributed by atoms with Crippen LogP contribution < -0.4 is 11.1 Å². The molecule has 1 aliphatic carbocycles. The molecule has 20 heavy (non-hydrogen) atoms. The molecule has 0 aliphatic heterocycles. The van der Waals surface area contributed by atoms with Gasteiger partial charge in [-0.3, -0.25) is 4.79 Å². The molecule has 3 N–H and O–H groups in total. The highest BCUT2D eigenvalue weighted by molar-refractivity contribution is 5.94. The van der Waals surface area contributed by atoms with Crippen molar-refractivity contribution in [3.63, 3.8) is 0 Å². The Morgan fingerprint density at radius 3 is 2.60 bits per heavy atom. The molecule has 0 bridgehead atoms. The summed E-state index contributed by atoms with van der Waals surface area (Å²) in [4.78, 5) is 12.1. The Labute approximate surface area is 120 Å². The van der Waals surface area contributed by atoms with Gasteiger partial charge in [-0.05, 0) is 49.3 Å².